The van der Waals surface area contributed by atoms with Crippen molar-refractivity contribution in [2.75, 3.05) is 33.4 Å². The topological polar surface area (TPSA) is 24.5 Å². The van der Waals surface area contributed by atoms with Crippen LogP contribution in [0.1, 0.15) is 38.3 Å². The summed E-state index contributed by atoms with van der Waals surface area (Å²) in [4.78, 5) is 2.45. The largest absolute Gasteiger partial charge is 0.383 e. The fraction of sp³-hybridized carbons (Fsp3) is 0.667. The third-order valence-electron chi connectivity index (χ3n) is 3.74. The summed E-state index contributed by atoms with van der Waals surface area (Å²) >= 11 is 0. The summed E-state index contributed by atoms with van der Waals surface area (Å²) in [5, 5.41) is 3.45. The minimum absolute atomic E-state index is 0.540. The van der Waals surface area contributed by atoms with E-state index in [-0.39, 0.29) is 0 Å². The van der Waals surface area contributed by atoms with Crippen molar-refractivity contribution in [3.63, 3.8) is 0 Å². The van der Waals surface area contributed by atoms with Gasteiger partial charge in [-0.2, -0.15) is 0 Å². The Morgan fingerprint density at radius 3 is 2.33 bits per heavy atom. The first-order valence-electron chi connectivity index (χ1n) is 8.18. The quantitative estimate of drug-likeness (QED) is 0.634. The molecule has 3 nitrogen and oxygen atoms in total. The van der Waals surface area contributed by atoms with Crippen molar-refractivity contribution in [3.05, 3.63) is 35.4 Å². The predicted octanol–water partition coefficient (Wildman–Crippen LogP) is 3.09. The molecule has 3 heteroatoms. The maximum absolute atomic E-state index is 5.19. The van der Waals surface area contributed by atoms with Crippen molar-refractivity contribution >= 4 is 0 Å². The van der Waals surface area contributed by atoms with Crippen molar-refractivity contribution in [1.82, 2.24) is 10.2 Å². The van der Waals surface area contributed by atoms with Gasteiger partial charge in [-0.25, -0.2) is 0 Å². The second-order valence-electron chi connectivity index (χ2n) is 5.87. The molecule has 1 N–H and O–H groups in total. The van der Waals surface area contributed by atoms with Crippen LogP contribution in [0.2, 0.25) is 0 Å². The molecule has 0 aliphatic carbocycles. The summed E-state index contributed by atoms with van der Waals surface area (Å²) in [5.41, 5.74) is 2.79. The summed E-state index contributed by atoms with van der Waals surface area (Å²) in [6.45, 7) is 11.6. The molecule has 0 saturated heterocycles. The average Bonchev–Trinajstić information content (AvgIpc) is 2.49. The number of nitrogens with zero attached hydrogens (tertiary/aromatic N) is 1. The molecule has 0 radical (unpaired) electrons. The second-order valence-corrected chi connectivity index (χ2v) is 5.87. The first-order chi connectivity index (χ1) is 10.2. The minimum Gasteiger partial charge on any atom is -0.383 e. The van der Waals surface area contributed by atoms with Gasteiger partial charge in [0.05, 0.1) is 6.61 Å². The molecule has 120 valence electrons. The highest BCUT2D eigenvalue weighted by atomic mass is 16.5. The van der Waals surface area contributed by atoms with E-state index in [1.165, 1.54) is 17.5 Å². The zero-order valence-corrected chi connectivity index (χ0v) is 14.2. The molecular weight excluding hydrogens is 260 g/mol. The smallest absolute Gasteiger partial charge is 0.0589 e. The number of nitrogens with one attached hydrogen (secondary N) is 1. The summed E-state index contributed by atoms with van der Waals surface area (Å²) < 4.78 is 5.19. The molecule has 0 unspecified atom stereocenters. The summed E-state index contributed by atoms with van der Waals surface area (Å²) in [6.07, 6.45) is 2.31. The lowest BCUT2D eigenvalue weighted by Crippen LogP contribution is -2.33. The molecule has 0 spiro atoms. The van der Waals surface area contributed by atoms with Crippen LogP contribution in [-0.2, 0) is 17.7 Å². The molecule has 1 aromatic carbocycles. The Bertz CT molecular complexity index is 362. The van der Waals surface area contributed by atoms with E-state index in [1.807, 2.05) is 0 Å². The third kappa shape index (κ3) is 7.60. The van der Waals surface area contributed by atoms with Gasteiger partial charge in [0, 0.05) is 26.2 Å². The van der Waals surface area contributed by atoms with Gasteiger partial charge in [0.1, 0.15) is 0 Å². The first kappa shape index (κ1) is 18.1. The van der Waals surface area contributed by atoms with E-state index in [1.54, 1.807) is 7.11 Å². The van der Waals surface area contributed by atoms with Crippen LogP contribution in [0.5, 0.6) is 0 Å². The standard InChI is InChI=1S/C18H32N2O/c1-5-11-19-12-10-17-6-8-18(9-7-17)15-20(16(2)3)13-14-21-4/h6-9,16,19H,5,10-15H2,1-4H3. The highest BCUT2D eigenvalue weighted by Gasteiger charge is 2.09. The highest BCUT2D eigenvalue weighted by Crippen LogP contribution is 2.10. The molecule has 1 rings (SSSR count). The summed E-state index contributed by atoms with van der Waals surface area (Å²) in [5.74, 6) is 0. The molecule has 0 fully saturated rings. The van der Waals surface area contributed by atoms with Crippen LogP contribution in [0.3, 0.4) is 0 Å². The van der Waals surface area contributed by atoms with Gasteiger partial charge < -0.3 is 10.1 Å². The summed E-state index contributed by atoms with van der Waals surface area (Å²) in [7, 11) is 1.76. The van der Waals surface area contributed by atoms with Gasteiger partial charge in [0.15, 0.2) is 0 Å². The molecule has 1 aromatic rings. The van der Waals surface area contributed by atoms with Gasteiger partial charge in [-0.05, 0) is 50.9 Å². The number of hydrogen-bond acceptors (Lipinski definition) is 3. The molecule has 0 atom stereocenters. The SMILES string of the molecule is CCCNCCc1ccc(CN(CCOC)C(C)C)cc1. The normalized spacial score (nSPS) is 11.5. The molecular formula is C18H32N2O. The number of rotatable bonds is 11. The molecule has 0 aliphatic heterocycles. The van der Waals surface area contributed by atoms with Crippen molar-refractivity contribution in [2.24, 2.45) is 0 Å². The van der Waals surface area contributed by atoms with Gasteiger partial charge in [-0.3, -0.25) is 4.90 Å². The number of methoxy groups -OCH3 is 1. The lowest BCUT2D eigenvalue weighted by Gasteiger charge is -2.26. The molecule has 0 aromatic heterocycles. The minimum atomic E-state index is 0.540. The van der Waals surface area contributed by atoms with Crippen molar-refractivity contribution in [3.8, 4) is 0 Å². The van der Waals surface area contributed by atoms with Crippen LogP contribution in [-0.4, -0.2) is 44.3 Å². The third-order valence-corrected chi connectivity index (χ3v) is 3.74. The van der Waals surface area contributed by atoms with Crippen LogP contribution in [0.25, 0.3) is 0 Å². The van der Waals surface area contributed by atoms with E-state index in [2.05, 4.69) is 55.3 Å². The molecule has 0 amide bonds. The van der Waals surface area contributed by atoms with Gasteiger partial charge in [-0.1, -0.05) is 31.2 Å². The van der Waals surface area contributed by atoms with Crippen LogP contribution in [0.15, 0.2) is 24.3 Å². The lowest BCUT2D eigenvalue weighted by atomic mass is 10.1. The monoisotopic (exact) mass is 292 g/mol. The van der Waals surface area contributed by atoms with E-state index in [0.29, 0.717) is 6.04 Å². The van der Waals surface area contributed by atoms with Crippen LogP contribution in [0.4, 0.5) is 0 Å². The van der Waals surface area contributed by atoms with E-state index in [9.17, 15) is 0 Å². The van der Waals surface area contributed by atoms with Crippen molar-refractivity contribution in [2.45, 2.75) is 46.2 Å². The zero-order valence-electron chi connectivity index (χ0n) is 14.2. The Hall–Kier alpha value is -0.900. The Kier molecular flexibility index (Phi) is 9.31. The second kappa shape index (κ2) is 10.8. The van der Waals surface area contributed by atoms with E-state index < -0.39 is 0 Å². The van der Waals surface area contributed by atoms with Crippen molar-refractivity contribution in [1.29, 1.82) is 0 Å². The van der Waals surface area contributed by atoms with Crippen LogP contribution >= 0.6 is 0 Å². The number of hydrogen-bond donors (Lipinski definition) is 1. The van der Waals surface area contributed by atoms with Gasteiger partial charge in [0.25, 0.3) is 0 Å². The van der Waals surface area contributed by atoms with E-state index in [0.717, 1.165) is 39.2 Å². The molecule has 0 aliphatic rings. The van der Waals surface area contributed by atoms with Gasteiger partial charge in [-0.15, -0.1) is 0 Å². The number of benzene rings is 1. The van der Waals surface area contributed by atoms with Gasteiger partial charge in [0.2, 0.25) is 0 Å². The first-order valence-corrected chi connectivity index (χ1v) is 8.18. The Labute approximate surface area is 130 Å². The van der Waals surface area contributed by atoms with Gasteiger partial charge >= 0.3 is 0 Å². The maximum Gasteiger partial charge on any atom is 0.0589 e. The molecule has 0 bridgehead atoms. The average molecular weight is 292 g/mol. The van der Waals surface area contributed by atoms with E-state index in [4.69, 9.17) is 4.74 Å². The lowest BCUT2D eigenvalue weighted by molar-refractivity contribution is 0.125. The highest BCUT2D eigenvalue weighted by molar-refractivity contribution is 5.22. The maximum atomic E-state index is 5.19. The molecule has 0 saturated carbocycles. The Balaban J connectivity index is 2.44. The zero-order chi connectivity index (χ0) is 15.5. The Morgan fingerprint density at radius 2 is 1.76 bits per heavy atom. The fourth-order valence-electron chi connectivity index (χ4n) is 2.31. The predicted molar refractivity (Wildman–Crippen MR) is 90.7 cm³/mol. The fourth-order valence-corrected chi connectivity index (χ4v) is 2.31. The van der Waals surface area contributed by atoms with Crippen LogP contribution < -0.4 is 5.32 Å². The Morgan fingerprint density at radius 1 is 1.10 bits per heavy atom. The molecule has 0 heterocycles. The van der Waals surface area contributed by atoms with Crippen LogP contribution in [0, 0.1) is 0 Å². The molecule has 21 heavy (non-hydrogen) atoms. The number of ether oxygens (including phenoxy) is 1. The van der Waals surface area contributed by atoms with Crippen molar-refractivity contribution < 1.29 is 4.74 Å². The summed E-state index contributed by atoms with van der Waals surface area (Å²) in [6, 6.07) is 9.59. The van der Waals surface area contributed by atoms with E-state index >= 15 is 0 Å².